The van der Waals surface area contributed by atoms with E-state index < -0.39 is 0 Å². The van der Waals surface area contributed by atoms with Crippen molar-refractivity contribution in [2.75, 3.05) is 25.5 Å². The standard InChI is InChI=1S/C15H22ClN3O/c1-4-7-17-13-6-5-12(16)14(18-13)15(20)19(3)9-11-8-10(11)2/h5-6,10-11H,4,7-9H2,1-3H3,(H,17,18). The smallest absolute Gasteiger partial charge is 0.273 e. The highest BCUT2D eigenvalue weighted by Gasteiger charge is 2.34. The monoisotopic (exact) mass is 295 g/mol. The highest BCUT2D eigenvalue weighted by molar-refractivity contribution is 6.33. The van der Waals surface area contributed by atoms with Crippen LogP contribution in [-0.4, -0.2) is 35.9 Å². The summed E-state index contributed by atoms with van der Waals surface area (Å²) in [5, 5.41) is 3.59. The van der Waals surface area contributed by atoms with Crippen LogP contribution in [0.5, 0.6) is 0 Å². The highest BCUT2D eigenvalue weighted by atomic mass is 35.5. The van der Waals surface area contributed by atoms with Crippen LogP contribution >= 0.6 is 11.6 Å². The number of aromatic nitrogens is 1. The first-order valence-corrected chi connectivity index (χ1v) is 7.56. The molecule has 2 unspecified atom stereocenters. The Morgan fingerprint density at radius 3 is 2.85 bits per heavy atom. The van der Waals surface area contributed by atoms with E-state index in [-0.39, 0.29) is 5.91 Å². The van der Waals surface area contributed by atoms with E-state index in [1.165, 1.54) is 6.42 Å². The van der Waals surface area contributed by atoms with Crippen LogP contribution < -0.4 is 5.32 Å². The Morgan fingerprint density at radius 2 is 2.25 bits per heavy atom. The number of nitrogens with zero attached hydrogens (tertiary/aromatic N) is 2. The average Bonchev–Trinajstić information content (AvgIpc) is 3.12. The van der Waals surface area contributed by atoms with Crippen LogP contribution in [0.25, 0.3) is 0 Å². The molecule has 1 N–H and O–H groups in total. The minimum Gasteiger partial charge on any atom is -0.370 e. The van der Waals surface area contributed by atoms with Crippen molar-refractivity contribution in [2.24, 2.45) is 11.8 Å². The summed E-state index contributed by atoms with van der Waals surface area (Å²) in [6, 6.07) is 3.53. The zero-order chi connectivity index (χ0) is 14.7. The van der Waals surface area contributed by atoms with Gasteiger partial charge in [-0.25, -0.2) is 4.98 Å². The largest absolute Gasteiger partial charge is 0.370 e. The molecule has 1 aromatic heterocycles. The van der Waals surface area contributed by atoms with E-state index in [2.05, 4.69) is 24.1 Å². The minimum absolute atomic E-state index is 0.103. The third-order valence-corrected chi connectivity index (χ3v) is 4.04. The fourth-order valence-corrected chi connectivity index (χ4v) is 2.40. The van der Waals surface area contributed by atoms with Crippen molar-refractivity contribution in [3.63, 3.8) is 0 Å². The molecule has 20 heavy (non-hydrogen) atoms. The predicted octanol–water partition coefficient (Wildman–Crippen LogP) is 3.28. The molecule has 1 saturated carbocycles. The van der Waals surface area contributed by atoms with Gasteiger partial charge in [-0.3, -0.25) is 4.79 Å². The Morgan fingerprint density at radius 1 is 1.55 bits per heavy atom. The molecule has 0 radical (unpaired) electrons. The lowest BCUT2D eigenvalue weighted by Gasteiger charge is -2.17. The Balaban J connectivity index is 2.07. The summed E-state index contributed by atoms with van der Waals surface area (Å²) in [6.07, 6.45) is 2.21. The number of hydrogen-bond donors (Lipinski definition) is 1. The molecule has 5 heteroatoms. The van der Waals surface area contributed by atoms with Gasteiger partial charge >= 0.3 is 0 Å². The molecule has 1 fully saturated rings. The van der Waals surface area contributed by atoms with Crippen LogP contribution in [0, 0.1) is 11.8 Å². The molecular weight excluding hydrogens is 274 g/mol. The molecule has 1 aromatic rings. The zero-order valence-corrected chi connectivity index (χ0v) is 13.1. The van der Waals surface area contributed by atoms with E-state index in [4.69, 9.17) is 11.6 Å². The van der Waals surface area contributed by atoms with Crippen LogP contribution in [-0.2, 0) is 0 Å². The molecule has 0 aromatic carbocycles. The molecule has 0 spiro atoms. The third kappa shape index (κ3) is 3.63. The van der Waals surface area contributed by atoms with E-state index in [1.54, 1.807) is 17.0 Å². The quantitative estimate of drug-likeness (QED) is 0.876. The Labute approximate surface area is 125 Å². The highest BCUT2D eigenvalue weighted by Crippen LogP contribution is 2.38. The summed E-state index contributed by atoms with van der Waals surface area (Å²) in [4.78, 5) is 18.5. The van der Waals surface area contributed by atoms with Crippen LogP contribution in [0.2, 0.25) is 5.02 Å². The van der Waals surface area contributed by atoms with E-state index in [0.717, 1.165) is 25.4 Å². The van der Waals surface area contributed by atoms with E-state index in [0.29, 0.717) is 22.5 Å². The third-order valence-electron chi connectivity index (χ3n) is 3.74. The summed E-state index contributed by atoms with van der Waals surface area (Å²) in [5.74, 6) is 1.96. The topological polar surface area (TPSA) is 45.2 Å². The molecule has 0 bridgehead atoms. The number of carbonyl (C=O) groups is 1. The van der Waals surface area contributed by atoms with Crippen molar-refractivity contribution in [1.29, 1.82) is 0 Å². The van der Waals surface area contributed by atoms with E-state index in [1.807, 2.05) is 7.05 Å². The van der Waals surface area contributed by atoms with Crippen molar-refractivity contribution in [2.45, 2.75) is 26.7 Å². The molecule has 1 aliphatic rings. The van der Waals surface area contributed by atoms with Crippen LogP contribution in [0.3, 0.4) is 0 Å². The molecule has 1 heterocycles. The van der Waals surface area contributed by atoms with Crippen LogP contribution in [0.4, 0.5) is 5.82 Å². The van der Waals surface area contributed by atoms with Gasteiger partial charge in [0.25, 0.3) is 5.91 Å². The lowest BCUT2D eigenvalue weighted by Crippen LogP contribution is -2.30. The molecule has 1 amide bonds. The summed E-state index contributed by atoms with van der Waals surface area (Å²) in [5.41, 5.74) is 0.337. The van der Waals surface area contributed by atoms with E-state index >= 15 is 0 Å². The summed E-state index contributed by atoms with van der Waals surface area (Å²) >= 11 is 6.11. The van der Waals surface area contributed by atoms with E-state index in [9.17, 15) is 4.79 Å². The second kappa shape index (κ2) is 6.44. The minimum atomic E-state index is -0.103. The van der Waals surface area contributed by atoms with Gasteiger partial charge in [-0.1, -0.05) is 25.4 Å². The van der Waals surface area contributed by atoms with Crippen molar-refractivity contribution >= 4 is 23.3 Å². The number of amides is 1. The summed E-state index contributed by atoms with van der Waals surface area (Å²) < 4.78 is 0. The maximum Gasteiger partial charge on any atom is 0.273 e. The Hall–Kier alpha value is -1.29. The first-order chi connectivity index (χ1) is 9.52. The van der Waals surface area contributed by atoms with Crippen molar-refractivity contribution in [3.05, 3.63) is 22.8 Å². The predicted molar refractivity (Wildman–Crippen MR) is 82.3 cm³/mol. The molecule has 110 valence electrons. The number of halogens is 1. The van der Waals surface area contributed by atoms with Gasteiger partial charge in [-0.05, 0) is 36.8 Å². The molecule has 2 atom stereocenters. The summed E-state index contributed by atoms with van der Waals surface area (Å²) in [7, 11) is 1.82. The van der Waals surface area contributed by atoms with Crippen molar-refractivity contribution in [3.8, 4) is 0 Å². The van der Waals surface area contributed by atoms with Gasteiger partial charge in [0.05, 0.1) is 5.02 Å². The number of pyridine rings is 1. The normalized spacial score (nSPS) is 20.6. The fourth-order valence-electron chi connectivity index (χ4n) is 2.21. The summed E-state index contributed by atoms with van der Waals surface area (Å²) in [6.45, 7) is 5.91. The van der Waals surface area contributed by atoms with Crippen molar-refractivity contribution in [1.82, 2.24) is 9.88 Å². The average molecular weight is 296 g/mol. The molecule has 0 aliphatic heterocycles. The molecule has 2 rings (SSSR count). The second-order valence-electron chi connectivity index (χ2n) is 5.61. The Kier molecular flexibility index (Phi) is 4.86. The lowest BCUT2D eigenvalue weighted by molar-refractivity contribution is 0.0781. The van der Waals surface area contributed by atoms with Crippen LogP contribution in [0.15, 0.2) is 12.1 Å². The SMILES string of the molecule is CCCNc1ccc(Cl)c(C(=O)N(C)CC2CC2C)n1. The number of hydrogen-bond acceptors (Lipinski definition) is 3. The number of anilines is 1. The molecule has 0 saturated heterocycles. The first kappa shape index (κ1) is 15.1. The van der Waals surface area contributed by atoms with Gasteiger partial charge in [-0.2, -0.15) is 0 Å². The fraction of sp³-hybridized carbons (Fsp3) is 0.600. The maximum atomic E-state index is 12.4. The van der Waals surface area contributed by atoms with Gasteiger partial charge in [0.2, 0.25) is 0 Å². The van der Waals surface area contributed by atoms with Gasteiger partial charge in [0, 0.05) is 20.1 Å². The molecule has 4 nitrogen and oxygen atoms in total. The first-order valence-electron chi connectivity index (χ1n) is 7.18. The maximum absolute atomic E-state index is 12.4. The Bertz CT molecular complexity index is 492. The van der Waals surface area contributed by atoms with Gasteiger partial charge in [-0.15, -0.1) is 0 Å². The number of carbonyl (C=O) groups excluding carboxylic acids is 1. The molecular formula is C15H22ClN3O. The second-order valence-corrected chi connectivity index (χ2v) is 6.02. The van der Waals surface area contributed by atoms with Gasteiger partial charge in [0.1, 0.15) is 11.5 Å². The molecule has 1 aliphatic carbocycles. The number of nitrogens with one attached hydrogen (secondary N) is 1. The van der Waals surface area contributed by atoms with Gasteiger partial charge in [0.15, 0.2) is 0 Å². The zero-order valence-electron chi connectivity index (χ0n) is 12.3. The van der Waals surface area contributed by atoms with Crippen molar-refractivity contribution < 1.29 is 4.79 Å². The number of rotatable bonds is 6. The van der Waals surface area contributed by atoms with Gasteiger partial charge < -0.3 is 10.2 Å². The lowest BCUT2D eigenvalue weighted by atomic mass is 10.2. The van der Waals surface area contributed by atoms with Crippen LogP contribution in [0.1, 0.15) is 37.2 Å².